The summed E-state index contributed by atoms with van der Waals surface area (Å²) < 4.78 is 11.4. The van der Waals surface area contributed by atoms with Crippen LogP contribution in [0.2, 0.25) is 0 Å². The van der Waals surface area contributed by atoms with Crippen molar-refractivity contribution >= 4 is 5.82 Å². The molecule has 5 nitrogen and oxygen atoms in total. The summed E-state index contributed by atoms with van der Waals surface area (Å²) in [4.78, 5) is 9.58. The highest BCUT2D eigenvalue weighted by Gasteiger charge is 2.38. The van der Waals surface area contributed by atoms with Crippen LogP contribution in [0.4, 0.5) is 5.82 Å². The van der Waals surface area contributed by atoms with Crippen molar-refractivity contribution in [3.05, 3.63) is 17.1 Å². The van der Waals surface area contributed by atoms with Crippen LogP contribution in [0.1, 0.15) is 49.2 Å². The lowest BCUT2D eigenvalue weighted by Gasteiger charge is -2.35. The number of aromatic nitrogens is 2. The molecule has 0 unspecified atom stereocenters. The van der Waals surface area contributed by atoms with Crippen molar-refractivity contribution in [3.8, 4) is 0 Å². The molecule has 2 heterocycles. The lowest BCUT2D eigenvalue weighted by atomic mass is 9.83. The van der Waals surface area contributed by atoms with Crippen molar-refractivity contribution in [1.29, 1.82) is 0 Å². The first-order chi connectivity index (χ1) is 9.79. The number of nitrogens with zero attached hydrogens (tertiary/aromatic N) is 2. The minimum absolute atomic E-state index is 0.294. The van der Waals surface area contributed by atoms with Crippen LogP contribution in [0.25, 0.3) is 0 Å². The first-order valence-corrected chi connectivity index (χ1v) is 7.50. The Labute approximate surface area is 120 Å². The first-order valence-electron chi connectivity index (χ1n) is 7.50. The molecular formula is C15H23N3O2. The lowest BCUT2D eigenvalue weighted by Crippen LogP contribution is -2.34. The number of hydrogen-bond donors (Lipinski definition) is 1. The topological polar surface area (TPSA) is 56.3 Å². The second kappa shape index (κ2) is 5.66. The van der Waals surface area contributed by atoms with Crippen molar-refractivity contribution in [2.45, 2.75) is 50.7 Å². The molecule has 1 N–H and O–H groups in total. The van der Waals surface area contributed by atoms with Gasteiger partial charge in [0.15, 0.2) is 5.82 Å². The van der Waals surface area contributed by atoms with Gasteiger partial charge in [-0.1, -0.05) is 19.3 Å². The molecular weight excluding hydrogens is 254 g/mol. The number of ether oxygens (including phenoxy) is 2. The van der Waals surface area contributed by atoms with Crippen LogP contribution in [-0.2, 0) is 28.1 Å². The van der Waals surface area contributed by atoms with E-state index >= 15 is 0 Å². The van der Waals surface area contributed by atoms with Gasteiger partial charge < -0.3 is 14.8 Å². The molecule has 0 bridgehead atoms. The van der Waals surface area contributed by atoms with E-state index in [0.29, 0.717) is 6.61 Å². The molecule has 20 heavy (non-hydrogen) atoms. The molecule has 0 atom stereocenters. The van der Waals surface area contributed by atoms with Gasteiger partial charge in [0.05, 0.1) is 18.9 Å². The number of hydrogen-bond acceptors (Lipinski definition) is 5. The average Bonchev–Trinajstić information content (AvgIpc) is 2.54. The normalized spacial score (nSPS) is 21.3. The van der Waals surface area contributed by atoms with E-state index in [-0.39, 0.29) is 5.60 Å². The maximum Gasteiger partial charge on any atom is 0.162 e. The number of rotatable bonds is 3. The summed E-state index contributed by atoms with van der Waals surface area (Å²) in [5, 5.41) is 3.19. The van der Waals surface area contributed by atoms with E-state index in [2.05, 4.69) is 5.32 Å². The zero-order chi connectivity index (χ0) is 14.0. The van der Waals surface area contributed by atoms with Gasteiger partial charge in [-0.3, -0.25) is 0 Å². The maximum atomic E-state index is 5.87. The molecule has 110 valence electrons. The van der Waals surface area contributed by atoms with E-state index in [1.807, 2.05) is 7.05 Å². The van der Waals surface area contributed by atoms with Gasteiger partial charge in [0.2, 0.25) is 0 Å². The SMILES string of the molecule is CNc1nc(C2(OC)CCCCC2)nc2c1COCC2. The summed E-state index contributed by atoms with van der Waals surface area (Å²) in [7, 11) is 3.69. The lowest BCUT2D eigenvalue weighted by molar-refractivity contribution is -0.0517. The van der Waals surface area contributed by atoms with Crippen LogP contribution in [0.15, 0.2) is 0 Å². The summed E-state index contributed by atoms with van der Waals surface area (Å²) in [6.07, 6.45) is 6.55. The van der Waals surface area contributed by atoms with Crippen LogP contribution in [-0.4, -0.2) is 30.7 Å². The van der Waals surface area contributed by atoms with E-state index in [1.54, 1.807) is 7.11 Å². The third-order valence-corrected chi connectivity index (χ3v) is 4.52. The van der Waals surface area contributed by atoms with Crippen LogP contribution in [0.5, 0.6) is 0 Å². The second-order valence-corrected chi connectivity index (χ2v) is 5.63. The summed E-state index contributed by atoms with van der Waals surface area (Å²) in [5.74, 6) is 1.75. The van der Waals surface area contributed by atoms with Gasteiger partial charge in [0.25, 0.3) is 0 Å². The highest BCUT2D eigenvalue weighted by Crippen LogP contribution is 2.39. The molecule has 3 rings (SSSR count). The van der Waals surface area contributed by atoms with Crippen molar-refractivity contribution in [1.82, 2.24) is 9.97 Å². The Morgan fingerprint density at radius 3 is 2.70 bits per heavy atom. The molecule has 2 aliphatic rings. The fourth-order valence-corrected chi connectivity index (χ4v) is 3.28. The highest BCUT2D eigenvalue weighted by molar-refractivity contribution is 5.47. The summed E-state index contributed by atoms with van der Waals surface area (Å²) in [5.41, 5.74) is 1.93. The molecule has 1 aromatic heterocycles. The zero-order valence-corrected chi connectivity index (χ0v) is 12.4. The van der Waals surface area contributed by atoms with Crippen LogP contribution in [0, 0.1) is 0 Å². The molecule has 1 saturated carbocycles. The highest BCUT2D eigenvalue weighted by atomic mass is 16.5. The van der Waals surface area contributed by atoms with Crippen LogP contribution >= 0.6 is 0 Å². The Morgan fingerprint density at radius 2 is 2.00 bits per heavy atom. The molecule has 5 heteroatoms. The fraction of sp³-hybridized carbons (Fsp3) is 0.733. The van der Waals surface area contributed by atoms with Gasteiger partial charge in [-0.25, -0.2) is 9.97 Å². The molecule has 0 saturated heterocycles. The minimum Gasteiger partial charge on any atom is -0.376 e. The molecule has 0 aromatic carbocycles. The molecule has 0 spiro atoms. The van der Waals surface area contributed by atoms with E-state index in [1.165, 1.54) is 19.3 Å². The summed E-state index contributed by atoms with van der Waals surface area (Å²) >= 11 is 0. The third kappa shape index (κ3) is 2.29. The molecule has 1 aromatic rings. The number of nitrogens with one attached hydrogen (secondary N) is 1. The maximum absolute atomic E-state index is 5.87. The summed E-state index contributed by atoms with van der Waals surface area (Å²) in [6.45, 7) is 1.35. The Bertz CT molecular complexity index is 467. The molecule has 1 aliphatic heterocycles. The van der Waals surface area contributed by atoms with Gasteiger partial charge in [0, 0.05) is 26.1 Å². The van der Waals surface area contributed by atoms with Crippen molar-refractivity contribution < 1.29 is 9.47 Å². The Hall–Kier alpha value is -1.20. The average molecular weight is 277 g/mol. The second-order valence-electron chi connectivity index (χ2n) is 5.63. The number of anilines is 1. The monoisotopic (exact) mass is 277 g/mol. The number of fused-ring (bicyclic) bond motifs is 1. The molecule has 1 aliphatic carbocycles. The van der Waals surface area contributed by atoms with E-state index < -0.39 is 0 Å². The van der Waals surface area contributed by atoms with Gasteiger partial charge in [-0.05, 0) is 12.8 Å². The van der Waals surface area contributed by atoms with Crippen LogP contribution in [0.3, 0.4) is 0 Å². The number of methoxy groups -OCH3 is 1. The fourth-order valence-electron chi connectivity index (χ4n) is 3.28. The van der Waals surface area contributed by atoms with Crippen molar-refractivity contribution in [3.63, 3.8) is 0 Å². The first kappa shape index (κ1) is 13.8. The van der Waals surface area contributed by atoms with Gasteiger partial charge in [0.1, 0.15) is 11.4 Å². The Balaban J connectivity index is 2.04. The molecule has 0 amide bonds. The van der Waals surface area contributed by atoms with Crippen molar-refractivity contribution in [2.75, 3.05) is 26.1 Å². The largest absolute Gasteiger partial charge is 0.376 e. The Morgan fingerprint density at radius 1 is 1.20 bits per heavy atom. The van der Waals surface area contributed by atoms with Crippen molar-refractivity contribution in [2.24, 2.45) is 0 Å². The van der Waals surface area contributed by atoms with Gasteiger partial charge in [-0.2, -0.15) is 0 Å². The predicted octanol–water partition coefficient (Wildman–Crippen LogP) is 2.40. The standard InChI is InChI=1S/C15H23N3O2/c1-16-13-11-10-20-9-6-12(11)17-14(18-13)15(19-2)7-4-3-5-8-15/h3-10H2,1-2H3,(H,16,17,18). The quantitative estimate of drug-likeness (QED) is 0.919. The van der Waals surface area contributed by atoms with Crippen LogP contribution < -0.4 is 5.32 Å². The molecule has 1 fully saturated rings. The van der Waals surface area contributed by atoms with E-state index in [0.717, 1.165) is 48.8 Å². The Kier molecular flexibility index (Phi) is 3.89. The summed E-state index contributed by atoms with van der Waals surface area (Å²) in [6, 6.07) is 0. The predicted molar refractivity (Wildman–Crippen MR) is 76.7 cm³/mol. The van der Waals surface area contributed by atoms with E-state index in [9.17, 15) is 0 Å². The van der Waals surface area contributed by atoms with Gasteiger partial charge >= 0.3 is 0 Å². The third-order valence-electron chi connectivity index (χ3n) is 4.52. The zero-order valence-electron chi connectivity index (χ0n) is 12.4. The van der Waals surface area contributed by atoms with Gasteiger partial charge in [-0.15, -0.1) is 0 Å². The molecule has 0 radical (unpaired) electrons. The smallest absolute Gasteiger partial charge is 0.162 e. The minimum atomic E-state index is -0.294. The van der Waals surface area contributed by atoms with E-state index in [4.69, 9.17) is 19.4 Å².